The van der Waals surface area contributed by atoms with Crippen LogP contribution in [0.2, 0.25) is 0 Å². The Morgan fingerprint density at radius 2 is 2.25 bits per heavy atom. The number of nitrogens with one attached hydrogen (secondary N) is 1. The molecule has 3 nitrogen and oxygen atoms in total. The molecule has 0 saturated carbocycles. The van der Waals surface area contributed by atoms with E-state index < -0.39 is 0 Å². The number of hydrogen-bond acceptors (Lipinski definition) is 3. The van der Waals surface area contributed by atoms with E-state index in [4.69, 9.17) is 12.2 Å². The standard InChI is InChI=1S/C12H13N3S/c1-3-9-7-10(16)15-12(14-9)11-8(2)5-4-6-13-11/h4-7H,3H2,1-2H3,(H,14,15,16). The van der Waals surface area contributed by atoms with E-state index in [1.807, 2.05) is 25.1 Å². The van der Waals surface area contributed by atoms with Crippen molar-refractivity contribution in [1.29, 1.82) is 0 Å². The second-order valence-corrected chi connectivity index (χ2v) is 4.03. The lowest BCUT2D eigenvalue weighted by molar-refractivity contribution is 0.989. The maximum Gasteiger partial charge on any atom is 0.158 e. The van der Waals surface area contributed by atoms with E-state index in [1.54, 1.807) is 6.20 Å². The van der Waals surface area contributed by atoms with E-state index in [0.29, 0.717) is 4.64 Å². The first-order chi connectivity index (χ1) is 7.70. The van der Waals surface area contributed by atoms with Crippen LogP contribution in [-0.2, 0) is 6.42 Å². The van der Waals surface area contributed by atoms with Gasteiger partial charge in [-0.15, -0.1) is 0 Å². The number of H-pyrrole nitrogens is 1. The Bertz CT molecular complexity index is 560. The van der Waals surface area contributed by atoms with E-state index in [2.05, 4.69) is 21.9 Å². The summed E-state index contributed by atoms with van der Waals surface area (Å²) in [6.07, 6.45) is 2.67. The molecule has 0 aliphatic rings. The highest BCUT2D eigenvalue weighted by Gasteiger charge is 2.05. The van der Waals surface area contributed by atoms with Gasteiger partial charge < -0.3 is 4.98 Å². The second-order valence-electron chi connectivity index (χ2n) is 3.62. The summed E-state index contributed by atoms with van der Waals surface area (Å²) >= 11 is 5.14. The van der Waals surface area contributed by atoms with Crippen molar-refractivity contribution >= 4 is 12.2 Å². The van der Waals surface area contributed by atoms with E-state index in [9.17, 15) is 0 Å². The van der Waals surface area contributed by atoms with Gasteiger partial charge in [0.25, 0.3) is 0 Å². The molecule has 16 heavy (non-hydrogen) atoms. The highest BCUT2D eigenvalue weighted by atomic mass is 32.1. The minimum absolute atomic E-state index is 0.607. The minimum atomic E-state index is 0.607. The van der Waals surface area contributed by atoms with Crippen LogP contribution in [0.15, 0.2) is 24.4 Å². The molecule has 1 N–H and O–H groups in total. The zero-order valence-electron chi connectivity index (χ0n) is 9.32. The van der Waals surface area contributed by atoms with Crippen LogP contribution in [0.4, 0.5) is 0 Å². The minimum Gasteiger partial charge on any atom is -0.342 e. The molecule has 0 atom stereocenters. The number of aromatic amines is 1. The smallest absolute Gasteiger partial charge is 0.158 e. The molecule has 2 aromatic heterocycles. The highest BCUT2D eigenvalue weighted by Crippen LogP contribution is 2.16. The monoisotopic (exact) mass is 231 g/mol. The number of nitrogens with zero attached hydrogens (tertiary/aromatic N) is 2. The van der Waals surface area contributed by atoms with Crippen molar-refractivity contribution in [2.75, 3.05) is 0 Å². The first kappa shape index (κ1) is 11.0. The third-order valence-corrected chi connectivity index (χ3v) is 2.62. The van der Waals surface area contributed by atoms with Gasteiger partial charge in [0.15, 0.2) is 5.82 Å². The van der Waals surface area contributed by atoms with Crippen molar-refractivity contribution in [3.63, 3.8) is 0 Å². The molecule has 2 rings (SSSR count). The zero-order valence-corrected chi connectivity index (χ0v) is 10.1. The quantitative estimate of drug-likeness (QED) is 0.808. The van der Waals surface area contributed by atoms with Crippen molar-refractivity contribution in [3.05, 3.63) is 40.3 Å². The van der Waals surface area contributed by atoms with Crippen LogP contribution in [0.1, 0.15) is 18.2 Å². The lowest BCUT2D eigenvalue weighted by Gasteiger charge is -2.05. The third-order valence-electron chi connectivity index (χ3n) is 2.41. The lowest BCUT2D eigenvalue weighted by Crippen LogP contribution is -1.98. The van der Waals surface area contributed by atoms with E-state index in [0.717, 1.165) is 29.2 Å². The maximum atomic E-state index is 5.14. The van der Waals surface area contributed by atoms with Gasteiger partial charge in [0.2, 0.25) is 0 Å². The maximum absolute atomic E-state index is 5.14. The van der Waals surface area contributed by atoms with Crippen LogP contribution in [0.5, 0.6) is 0 Å². The third kappa shape index (κ3) is 2.17. The Morgan fingerprint density at radius 3 is 2.94 bits per heavy atom. The fourth-order valence-electron chi connectivity index (χ4n) is 1.54. The fraction of sp³-hybridized carbons (Fsp3) is 0.250. The van der Waals surface area contributed by atoms with Crippen molar-refractivity contribution in [2.45, 2.75) is 20.3 Å². The van der Waals surface area contributed by atoms with Crippen molar-refractivity contribution in [1.82, 2.24) is 15.0 Å². The predicted octanol–water partition coefficient (Wildman–Crippen LogP) is 3.07. The molecule has 4 heteroatoms. The first-order valence-electron chi connectivity index (χ1n) is 5.23. The normalized spacial score (nSPS) is 10.4. The number of hydrogen-bond donors (Lipinski definition) is 1. The van der Waals surface area contributed by atoms with E-state index in [1.165, 1.54) is 0 Å². The molecular formula is C12H13N3S. The van der Waals surface area contributed by atoms with Crippen LogP contribution < -0.4 is 0 Å². The number of pyridine rings is 1. The van der Waals surface area contributed by atoms with Crippen LogP contribution >= 0.6 is 12.2 Å². The Morgan fingerprint density at radius 1 is 1.44 bits per heavy atom. The summed E-state index contributed by atoms with van der Waals surface area (Å²) in [6.45, 7) is 4.09. The molecule has 0 fully saturated rings. The van der Waals surface area contributed by atoms with E-state index in [-0.39, 0.29) is 0 Å². The Labute approximate surface area is 99.6 Å². The molecule has 0 spiro atoms. The number of aryl methyl sites for hydroxylation is 2. The molecule has 0 amide bonds. The van der Waals surface area contributed by atoms with Gasteiger partial charge in [-0.3, -0.25) is 4.98 Å². The van der Waals surface area contributed by atoms with Gasteiger partial charge in [0.1, 0.15) is 10.3 Å². The summed E-state index contributed by atoms with van der Waals surface area (Å²) in [7, 11) is 0. The summed E-state index contributed by atoms with van der Waals surface area (Å²) < 4.78 is 0.607. The predicted molar refractivity (Wildman–Crippen MR) is 66.8 cm³/mol. The Kier molecular flexibility index (Phi) is 3.10. The second kappa shape index (κ2) is 4.53. The van der Waals surface area contributed by atoms with E-state index >= 15 is 0 Å². The fourth-order valence-corrected chi connectivity index (χ4v) is 1.78. The molecule has 0 unspecified atom stereocenters. The molecule has 2 aromatic rings. The molecular weight excluding hydrogens is 218 g/mol. The van der Waals surface area contributed by atoms with Crippen molar-refractivity contribution in [3.8, 4) is 11.5 Å². The SMILES string of the molecule is CCc1cc(=S)nc(-c2ncccc2C)[nH]1. The van der Waals surface area contributed by atoms with Gasteiger partial charge in [-0.2, -0.15) is 0 Å². The summed E-state index contributed by atoms with van der Waals surface area (Å²) in [6, 6.07) is 5.81. The van der Waals surface area contributed by atoms with Gasteiger partial charge in [0, 0.05) is 11.9 Å². The Balaban J connectivity index is 2.60. The van der Waals surface area contributed by atoms with Crippen LogP contribution in [0.3, 0.4) is 0 Å². The molecule has 0 saturated heterocycles. The number of aromatic nitrogens is 3. The van der Waals surface area contributed by atoms with Gasteiger partial charge in [0.05, 0.1) is 0 Å². The molecule has 82 valence electrons. The van der Waals surface area contributed by atoms with Crippen molar-refractivity contribution < 1.29 is 0 Å². The average molecular weight is 231 g/mol. The van der Waals surface area contributed by atoms with Crippen LogP contribution in [-0.4, -0.2) is 15.0 Å². The topological polar surface area (TPSA) is 41.6 Å². The van der Waals surface area contributed by atoms with Gasteiger partial charge in [-0.25, -0.2) is 4.98 Å². The first-order valence-corrected chi connectivity index (χ1v) is 5.63. The molecule has 2 heterocycles. The molecule has 0 radical (unpaired) electrons. The molecule has 0 aliphatic carbocycles. The summed E-state index contributed by atoms with van der Waals surface area (Å²) in [5, 5.41) is 0. The summed E-state index contributed by atoms with van der Waals surface area (Å²) in [4.78, 5) is 11.9. The zero-order chi connectivity index (χ0) is 11.5. The number of rotatable bonds is 2. The lowest BCUT2D eigenvalue weighted by atomic mass is 10.2. The Hall–Kier alpha value is -1.55. The average Bonchev–Trinajstić information content (AvgIpc) is 2.28. The van der Waals surface area contributed by atoms with Crippen molar-refractivity contribution in [2.24, 2.45) is 0 Å². The molecule has 0 bridgehead atoms. The summed E-state index contributed by atoms with van der Waals surface area (Å²) in [5.41, 5.74) is 3.04. The van der Waals surface area contributed by atoms with Crippen LogP contribution in [0, 0.1) is 11.6 Å². The van der Waals surface area contributed by atoms with Gasteiger partial charge >= 0.3 is 0 Å². The van der Waals surface area contributed by atoms with Crippen LogP contribution in [0.25, 0.3) is 11.5 Å². The van der Waals surface area contributed by atoms with Gasteiger partial charge in [-0.05, 0) is 31.0 Å². The summed E-state index contributed by atoms with van der Waals surface area (Å²) in [5.74, 6) is 0.752. The molecule has 0 aliphatic heterocycles. The molecule has 0 aromatic carbocycles. The highest BCUT2D eigenvalue weighted by molar-refractivity contribution is 7.71. The largest absolute Gasteiger partial charge is 0.342 e. The van der Waals surface area contributed by atoms with Gasteiger partial charge in [-0.1, -0.05) is 25.2 Å².